The van der Waals surface area contributed by atoms with Crippen molar-refractivity contribution in [1.29, 1.82) is 0 Å². The van der Waals surface area contributed by atoms with Crippen molar-refractivity contribution in [2.75, 3.05) is 32.0 Å². The second-order valence-corrected chi connectivity index (χ2v) is 5.48. The highest BCUT2D eigenvalue weighted by Gasteiger charge is 2.30. The van der Waals surface area contributed by atoms with E-state index >= 15 is 0 Å². The summed E-state index contributed by atoms with van der Waals surface area (Å²) in [4.78, 5) is 7.86. The maximum absolute atomic E-state index is 12.4. The molecule has 0 aromatic carbocycles. The molecule has 0 unspecified atom stereocenters. The van der Waals surface area contributed by atoms with Crippen LogP contribution >= 0.6 is 24.0 Å². The third-order valence-electron chi connectivity index (χ3n) is 2.94. The van der Waals surface area contributed by atoms with Gasteiger partial charge in [0.25, 0.3) is 0 Å². The molecule has 0 fully saturated rings. The van der Waals surface area contributed by atoms with E-state index in [1.54, 1.807) is 7.05 Å². The Bertz CT molecular complexity index is 489. The van der Waals surface area contributed by atoms with E-state index in [1.807, 2.05) is 0 Å². The minimum Gasteiger partial charge on any atom is -0.370 e. The lowest BCUT2D eigenvalue weighted by Crippen LogP contribution is -2.39. The summed E-state index contributed by atoms with van der Waals surface area (Å²) in [7, 11) is 1.71. The van der Waals surface area contributed by atoms with Crippen LogP contribution in [0.1, 0.15) is 25.8 Å². The molecule has 0 amide bonds. The van der Waals surface area contributed by atoms with E-state index < -0.39 is 11.7 Å². The molecule has 1 rings (SSSR count). The number of anilines is 1. The Morgan fingerprint density at radius 2 is 1.92 bits per heavy atom. The maximum atomic E-state index is 12.4. The van der Waals surface area contributed by atoms with Crippen LogP contribution in [0.5, 0.6) is 0 Å². The molecule has 0 aliphatic heterocycles. The highest BCUT2D eigenvalue weighted by molar-refractivity contribution is 14.0. The molecule has 138 valence electrons. The summed E-state index contributed by atoms with van der Waals surface area (Å²) >= 11 is 0. The standard InChI is InChI=1S/C15H24F3N5.HI/c1-11(2)9-23-14(19-3)21-8-4-7-20-13-6-5-12(10-22-13)15(16,17)18;/h5-6,10-11H,4,7-9H2,1-3H3,(H,20,22)(H2,19,21,23);1H. The van der Waals surface area contributed by atoms with Gasteiger partial charge < -0.3 is 16.0 Å². The van der Waals surface area contributed by atoms with Crippen molar-refractivity contribution in [3.05, 3.63) is 23.9 Å². The van der Waals surface area contributed by atoms with Gasteiger partial charge in [-0.05, 0) is 24.5 Å². The van der Waals surface area contributed by atoms with Crippen molar-refractivity contribution in [2.24, 2.45) is 10.9 Å². The van der Waals surface area contributed by atoms with Gasteiger partial charge in [-0.15, -0.1) is 24.0 Å². The molecule has 9 heteroatoms. The van der Waals surface area contributed by atoms with Crippen LogP contribution in [0.15, 0.2) is 23.3 Å². The number of halogens is 4. The molecular weight excluding hydrogens is 434 g/mol. The largest absolute Gasteiger partial charge is 0.417 e. The van der Waals surface area contributed by atoms with Gasteiger partial charge in [0.15, 0.2) is 5.96 Å². The summed E-state index contributed by atoms with van der Waals surface area (Å²) in [5, 5.41) is 9.35. The van der Waals surface area contributed by atoms with Crippen LogP contribution in [-0.2, 0) is 6.18 Å². The number of alkyl halides is 3. The molecule has 0 radical (unpaired) electrons. The van der Waals surface area contributed by atoms with Gasteiger partial charge in [0.2, 0.25) is 0 Å². The van der Waals surface area contributed by atoms with Crippen molar-refractivity contribution in [3.8, 4) is 0 Å². The van der Waals surface area contributed by atoms with Crippen LogP contribution in [0, 0.1) is 5.92 Å². The van der Waals surface area contributed by atoms with Crippen molar-refractivity contribution >= 4 is 35.8 Å². The SMILES string of the molecule is CN=C(NCCCNc1ccc(C(F)(F)F)cn1)NCC(C)C.I. The van der Waals surface area contributed by atoms with Gasteiger partial charge in [0, 0.05) is 32.9 Å². The zero-order valence-electron chi connectivity index (χ0n) is 14.1. The van der Waals surface area contributed by atoms with E-state index in [1.165, 1.54) is 6.07 Å². The molecular formula is C15H25F3IN5. The first-order valence-electron chi connectivity index (χ1n) is 7.54. The number of nitrogens with zero attached hydrogens (tertiary/aromatic N) is 2. The van der Waals surface area contributed by atoms with E-state index in [-0.39, 0.29) is 24.0 Å². The Labute approximate surface area is 157 Å². The fourth-order valence-corrected chi connectivity index (χ4v) is 1.70. The second kappa shape index (κ2) is 11.3. The molecule has 0 atom stereocenters. The zero-order chi connectivity index (χ0) is 17.3. The summed E-state index contributed by atoms with van der Waals surface area (Å²) in [6, 6.07) is 2.35. The molecule has 0 bridgehead atoms. The summed E-state index contributed by atoms with van der Waals surface area (Å²) in [6.07, 6.45) is -2.74. The van der Waals surface area contributed by atoms with Gasteiger partial charge in [0.1, 0.15) is 5.82 Å². The van der Waals surface area contributed by atoms with E-state index in [9.17, 15) is 13.2 Å². The number of nitrogens with one attached hydrogen (secondary N) is 3. The van der Waals surface area contributed by atoms with Crippen LogP contribution in [0.2, 0.25) is 0 Å². The number of aliphatic imine (C=N–C) groups is 1. The second-order valence-electron chi connectivity index (χ2n) is 5.48. The fourth-order valence-electron chi connectivity index (χ4n) is 1.70. The first-order valence-corrected chi connectivity index (χ1v) is 7.54. The van der Waals surface area contributed by atoms with Crippen LogP contribution < -0.4 is 16.0 Å². The number of rotatable bonds is 7. The number of hydrogen-bond donors (Lipinski definition) is 3. The smallest absolute Gasteiger partial charge is 0.370 e. The molecule has 3 N–H and O–H groups in total. The Hall–Kier alpha value is -1.26. The van der Waals surface area contributed by atoms with E-state index in [0.29, 0.717) is 24.8 Å². The van der Waals surface area contributed by atoms with E-state index in [2.05, 4.69) is 39.8 Å². The van der Waals surface area contributed by atoms with E-state index in [4.69, 9.17) is 0 Å². The van der Waals surface area contributed by atoms with Gasteiger partial charge >= 0.3 is 6.18 Å². The number of pyridine rings is 1. The molecule has 0 saturated carbocycles. The van der Waals surface area contributed by atoms with Crippen molar-refractivity contribution in [2.45, 2.75) is 26.4 Å². The predicted molar refractivity (Wildman–Crippen MR) is 102 cm³/mol. The maximum Gasteiger partial charge on any atom is 0.417 e. The van der Waals surface area contributed by atoms with Crippen LogP contribution in [0.3, 0.4) is 0 Å². The van der Waals surface area contributed by atoms with Crippen LogP contribution in [0.25, 0.3) is 0 Å². The minimum absolute atomic E-state index is 0. The molecule has 0 spiro atoms. The van der Waals surface area contributed by atoms with Gasteiger partial charge in [-0.25, -0.2) is 4.98 Å². The van der Waals surface area contributed by atoms with Gasteiger partial charge in [0.05, 0.1) is 5.56 Å². The summed E-state index contributed by atoms with van der Waals surface area (Å²) in [5.74, 6) is 1.70. The summed E-state index contributed by atoms with van der Waals surface area (Å²) in [6.45, 7) is 6.37. The Morgan fingerprint density at radius 3 is 2.42 bits per heavy atom. The fraction of sp³-hybridized carbons (Fsp3) is 0.600. The normalized spacial score (nSPS) is 11.9. The highest BCUT2D eigenvalue weighted by Crippen LogP contribution is 2.28. The zero-order valence-corrected chi connectivity index (χ0v) is 16.4. The lowest BCUT2D eigenvalue weighted by molar-refractivity contribution is -0.137. The Kier molecular flexibility index (Phi) is 10.7. The third kappa shape index (κ3) is 9.14. The molecule has 24 heavy (non-hydrogen) atoms. The Morgan fingerprint density at radius 1 is 1.21 bits per heavy atom. The summed E-state index contributed by atoms with van der Waals surface area (Å²) < 4.78 is 37.2. The number of hydrogen-bond acceptors (Lipinski definition) is 3. The lowest BCUT2D eigenvalue weighted by Gasteiger charge is -2.13. The number of aromatic nitrogens is 1. The quantitative estimate of drug-likeness (QED) is 0.254. The van der Waals surface area contributed by atoms with Gasteiger partial charge in [-0.3, -0.25) is 4.99 Å². The van der Waals surface area contributed by atoms with Crippen molar-refractivity contribution in [1.82, 2.24) is 15.6 Å². The van der Waals surface area contributed by atoms with Gasteiger partial charge in [-0.1, -0.05) is 13.8 Å². The predicted octanol–water partition coefficient (Wildman–Crippen LogP) is 3.34. The summed E-state index contributed by atoms with van der Waals surface area (Å²) in [5.41, 5.74) is -0.746. The van der Waals surface area contributed by atoms with Crippen molar-refractivity contribution in [3.63, 3.8) is 0 Å². The molecule has 0 aliphatic rings. The minimum atomic E-state index is -4.35. The topological polar surface area (TPSA) is 61.3 Å². The number of guanidine groups is 1. The first-order chi connectivity index (χ1) is 10.8. The molecule has 1 heterocycles. The van der Waals surface area contributed by atoms with Gasteiger partial charge in [-0.2, -0.15) is 13.2 Å². The molecule has 1 aromatic heterocycles. The van der Waals surface area contributed by atoms with Crippen molar-refractivity contribution < 1.29 is 13.2 Å². The van der Waals surface area contributed by atoms with E-state index in [0.717, 1.165) is 31.2 Å². The Balaban J connectivity index is 0.00000529. The van der Waals surface area contributed by atoms with Crippen LogP contribution in [0.4, 0.5) is 19.0 Å². The average molecular weight is 459 g/mol. The molecule has 1 aromatic rings. The molecule has 0 saturated heterocycles. The highest BCUT2D eigenvalue weighted by atomic mass is 127. The average Bonchev–Trinajstić information content (AvgIpc) is 2.49. The monoisotopic (exact) mass is 459 g/mol. The van der Waals surface area contributed by atoms with Crippen LogP contribution in [-0.4, -0.2) is 37.6 Å². The molecule has 5 nitrogen and oxygen atoms in total. The first kappa shape index (κ1) is 22.7. The molecule has 0 aliphatic carbocycles. The lowest BCUT2D eigenvalue weighted by atomic mass is 10.2. The third-order valence-corrected chi connectivity index (χ3v) is 2.94.